The van der Waals surface area contributed by atoms with E-state index in [0.717, 1.165) is 15.3 Å². The summed E-state index contributed by atoms with van der Waals surface area (Å²) in [5.41, 5.74) is 0. The number of aromatic nitrogens is 2. The molecule has 0 aliphatic heterocycles. The van der Waals surface area contributed by atoms with E-state index in [0.29, 0.717) is 6.04 Å². The van der Waals surface area contributed by atoms with E-state index in [1.54, 1.807) is 6.33 Å². The van der Waals surface area contributed by atoms with E-state index in [9.17, 15) is 0 Å². The molecule has 0 amide bonds. The summed E-state index contributed by atoms with van der Waals surface area (Å²) in [5.74, 6) is 1.85. The van der Waals surface area contributed by atoms with Crippen LogP contribution in [0, 0.1) is 9.49 Å². The zero-order valence-electron chi connectivity index (χ0n) is 9.86. The van der Waals surface area contributed by atoms with Crippen molar-refractivity contribution in [3.05, 3.63) is 16.1 Å². The lowest BCUT2D eigenvalue weighted by molar-refractivity contribution is 0.320. The van der Waals surface area contributed by atoms with Gasteiger partial charge >= 0.3 is 0 Å². The Balaban J connectivity index is 2.17. The van der Waals surface area contributed by atoms with E-state index in [4.69, 9.17) is 0 Å². The maximum Gasteiger partial charge on any atom is 0.145 e. The molecule has 1 fully saturated rings. The summed E-state index contributed by atoms with van der Waals surface area (Å²) < 4.78 is 1.14. The summed E-state index contributed by atoms with van der Waals surface area (Å²) in [6.45, 7) is 2.36. The fourth-order valence-electron chi connectivity index (χ4n) is 2.59. The first kappa shape index (κ1) is 12.1. The first-order chi connectivity index (χ1) is 7.70. The van der Waals surface area contributed by atoms with E-state index in [1.807, 2.05) is 6.20 Å². The molecule has 1 heterocycles. The van der Waals surface area contributed by atoms with Gasteiger partial charge < -0.3 is 4.90 Å². The number of hydrogen-bond donors (Lipinski definition) is 0. The van der Waals surface area contributed by atoms with E-state index < -0.39 is 0 Å². The van der Waals surface area contributed by atoms with Gasteiger partial charge in [-0.1, -0.05) is 19.8 Å². The molecular formula is C12H18IN3. The molecule has 1 aromatic rings. The summed E-state index contributed by atoms with van der Waals surface area (Å²) in [6.07, 6.45) is 8.89. The van der Waals surface area contributed by atoms with E-state index in [-0.39, 0.29) is 0 Å². The van der Waals surface area contributed by atoms with Crippen LogP contribution in [0.2, 0.25) is 0 Å². The Morgan fingerprint density at radius 3 is 2.81 bits per heavy atom. The third-order valence-corrected chi connectivity index (χ3v) is 4.31. The van der Waals surface area contributed by atoms with Crippen LogP contribution >= 0.6 is 22.6 Å². The Morgan fingerprint density at radius 2 is 2.12 bits per heavy atom. The molecule has 4 heteroatoms. The van der Waals surface area contributed by atoms with Crippen LogP contribution in [0.5, 0.6) is 0 Å². The van der Waals surface area contributed by atoms with Gasteiger partial charge in [-0.05, 0) is 41.4 Å². The normalized spacial score (nSPS) is 25.4. The third kappa shape index (κ3) is 2.47. The summed E-state index contributed by atoms with van der Waals surface area (Å²) in [7, 11) is 2.16. The highest BCUT2D eigenvalue weighted by molar-refractivity contribution is 14.1. The third-order valence-electron chi connectivity index (χ3n) is 3.55. The Hall–Kier alpha value is -0.390. The minimum absolute atomic E-state index is 0.636. The molecule has 1 saturated carbocycles. The molecule has 0 spiro atoms. The summed E-state index contributed by atoms with van der Waals surface area (Å²) in [6, 6.07) is 0.636. The van der Waals surface area contributed by atoms with Crippen molar-refractivity contribution < 1.29 is 0 Å². The number of hydrogen-bond acceptors (Lipinski definition) is 3. The van der Waals surface area contributed by atoms with E-state index in [2.05, 4.69) is 51.4 Å². The van der Waals surface area contributed by atoms with Crippen LogP contribution in [-0.4, -0.2) is 23.1 Å². The van der Waals surface area contributed by atoms with Crippen molar-refractivity contribution in [1.29, 1.82) is 0 Å². The van der Waals surface area contributed by atoms with Crippen LogP contribution < -0.4 is 4.90 Å². The van der Waals surface area contributed by atoms with Crippen molar-refractivity contribution in [3.63, 3.8) is 0 Å². The quantitative estimate of drug-likeness (QED) is 0.780. The number of halogens is 1. The average Bonchev–Trinajstić information content (AvgIpc) is 2.29. The van der Waals surface area contributed by atoms with Gasteiger partial charge in [0.1, 0.15) is 12.1 Å². The van der Waals surface area contributed by atoms with Crippen molar-refractivity contribution in [3.8, 4) is 0 Å². The van der Waals surface area contributed by atoms with Gasteiger partial charge in [0.05, 0.1) is 3.57 Å². The first-order valence-electron chi connectivity index (χ1n) is 5.88. The summed E-state index contributed by atoms with van der Waals surface area (Å²) >= 11 is 2.31. The molecule has 2 atom stereocenters. The smallest absolute Gasteiger partial charge is 0.145 e. The fraction of sp³-hybridized carbons (Fsp3) is 0.667. The lowest BCUT2D eigenvalue weighted by atomic mass is 9.85. The molecule has 0 radical (unpaired) electrons. The van der Waals surface area contributed by atoms with Gasteiger partial charge in [-0.25, -0.2) is 9.97 Å². The van der Waals surface area contributed by atoms with Gasteiger partial charge in [0.25, 0.3) is 0 Å². The molecule has 3 nitrogen and oxygen atoms in total. The Kier molecular flexibility index (Phi) is 4.00. The van der Waals surface area contributed by atoms with Gasteiger partial charge in [0.15, 0.2) is 0 Å². The van der Waals surface area contributed by atoms with Crippen molar-refractivity contribution in [2.45, 2.75) is 38.6 Å². The number of nitrogens with zero attached hydrogens (tertiary/aromatic N) is 3. The Bertz CT molecular complexity index is 356. The molecular weight excluding hydrogens is 313 g/mol. The van der Waals surface area contributed by atoms with Crippen LogP contribution in [-0.2, 0) is 0 Å². The first-order valence-corrected chi connectivity index (χ1v) is 6.96. The Morgan fingerprint density at radius 1 is 1.38 bits per heavy atom. The van der Waals surface area contributed by atoms with Gasteiger partial charge in [-0.15, -0.1) is 0 Å². The molecule has 0 aromatic carbocycles. The topological polar surface area (TPSA) is 29.0 Å². The van der Waals surface area contributed by atoms with Crippen LogP contribution in [0.15, 0.2) is 12.5 Å². The minimum atomic E-state index is 0.636. The predicted molar refractivity (Wildman–Crippen MR) is 74.6 cm³/mol. The lowest BCUT2D eigenvalue weighted by Crippen LogP contribution is -2.39. The molecule has 1 aromatic heterocycles. The van der Waals surface area contributed by atoms with Gasteiger partial charge in [-0.2, -0.15) is 0 Å². The van der Waals surface area contributed by atoms with Crippen molar-refractivity contribution >= 4 is 28.4 Å². The molecule has 88 valence electrons. The molecule has 1 aliphatic carbocycles. The molecule has 1 aliphatic rings. The standard InChI is InChI=1S/C12H18IN3/c1-9-5-3-4-6-11(9)16(2)12-10(13)7-14-8-15-12/h7-9,11H,3-6H2,1-2H3. The minimum Gasteiger partial charge on any atom is -0.355 e. The molecule has 2 rings (SSSR count). The van der Waals surface area contributed by atoms with E-state index >= 15 is 0 Å². The number of rotatable bonds is 2. The van der Waals surface area contributed by atoms with Crippen LogP contribution in [0.4, 0.5) is 5.82 Å². The van der Waals surface area contributed by atoms with Crippen molar-refractivity contribution in [1.82, 2.24) is 9.97 Å². The van der Waals surface area contributed by atoms with E-state index in [1.165, 1.54) is 25.7 Å². The van der Waals surface area contributed by atoms with Crippen LogP contribution in [0.1, 0.15) is 32.6 Å². The molecule has 0 bridgehead atoms. The maximum absolute atomic E-state index is 4.40. The largest absolute Gasteiger partial charge is 0.355 e. The average molecular weight is 331 g/mol. The highest BCUT2D eigenvalue weighted by Crippen LogP contribution is 2.30. The SMILES string of the molecule is CC1CCCCC1N(C)c1ncncc1I. The van der Waals surface area contributed by atoms with Gasteiger partial charge in [0.2, 0.25) is 0 Å². The summed E-state index contributed by atoms with van der Waals surface area (Å²) in [5, 5.41) is 0. The fourth-order valence-corrected chi connectivity index (χ4v) is 3.28. The second kappa shape index (κ2) is 5.29. The van der Waals surface area contributed by atoms with Crippen molar-refractivity contribution in [2.75, 3.05) is 11.9 Å². The zero-order valence-corrected chi connectivity index (χ0v) is 12.0. The molecule has 16 heavy (non-hydrogen) atoms. The molecule has 0 N–H and O–H groups in total. The monoisotopic (exact) mass is 331 g/mol. The maximum atomic E-state index is 4.40. The summed E-state index contributed by atoms with van der Waals surface area (Å²) in [4.78, 5) is 10.8. The molecule has 0 saturated heterocycles. The second-order valence-corrected chi connectivity index (χ2v) is 5.80. The predicted octanol–water partition coefficient (Wildman–Crippen LogP) is 3.10. The second-order valence-electron chi connectivity index (χ2n) is 4.63. The molecule has 2 unspecified atom stereocenters. The zero-order chi connectivity index (χ0) is 11.5. The Labute approximate surface area is 111 Å². The van der Waals surface area contributed by atoms with Crippen molar-refractivity contribution in [2.24, 2.45) is 5.92 Å². The lowest BCUT2D eigenvalue weighted by Gasteiger charge is -2.37. The van der Waals surface area contributed by atoms with Crippen LogP contribution in [0.25, 0.3) is 0 Å². The van der Waals surface area contributed by atoms with Crippen LogP contribution in [0.3, 0.4) is 0 Å². The van der Waals surface area contributed by atoms with Gasteiger partial charge in [0, 0.05) is 19.3 Å². The number of anilines is 1. The van der Waals surface area contributed by atoms with Gasteiger partial charge in [-0.3, -0.25) is 0 Å². The highest BCUT2D eigenvalue weighted by Gasteiger charge is 2.26. The highest BCUT2D eigenvalue weighted by atomic mass is 127.